The Morgan fingerprint density at radius 3 is 3.00 bits per heavy atom. The third-order valence-corrected chi connectivity index (χ3v) is 4.15. The van der Waals surface area contributed by atoms with E-state index in [-0.39, 0.29) is 0 Å². The molecule has 3 nitrogen and oxygen atoms in total. The van der Waals surface area contributed by atoms with Gasteiger partial charge in [0.05, 0.1) is 0 Å². The van der Waals surface area contributed by atoms with Crippen molar-refractivity contribution >= 4 is 28.1 Å². The minimum absolute atomic E-state index is 0.608. The van der Waals surface area contributed by atoms with Crippen molar-refractivity contribution in [1.82, 2.24) is 10.3 Å². The van der Waals surface area contributed by atoms with Crippen LogP contribution in [0.15, 0.2) is 5.38 Å². The number of nitrogens with zero attached hydrogens (tertiary/aromatic N) is 2. The van der Waals surface area contributed by atoms with Gasteiger partial charge in [0.2, 0.25) is 0 Å². The van der Waals surface area contributed by atoms with E-state index in [9.17, 15) is 0 Å². The van der Waals surface area contributed by atoms with Crippen LogP contribution in [0.3, 0.4) is 0 Å². The summed E-state index contributed by atoms with van der Waals surface area (Å²) in [6.45, 7) is 7.72. The van der Waals surface area contributed by atoms with Gasteiger partial charge in [0.25, 0.3) is 0 Å². The first-order chi connectivity index (χ1) is 8.15. The molecule has 1 atom stereocenters. The molecular weight excluding hydrogens is 254 g/mol. The third kappa shape index (κ3) is 3.83. The van der Waals surface area contributed by atoms with Crippen molar-refractivity contribution in [3.05, 3.63) is 10.5 Å². The molecule has 0 radical (unpaired) electrons. The first-order valence-corrected chi connectivity index (χ1v) is 7.50. The molecular formula is C12H20ClN3S. The van der Waals surface area contributed by atoms with Crippen molar-refractivity contribution in [2.75, 3.05) is 24.5 Å². The fourth-order valence-electron chi connectivity index (χ4n) is 2.24. The van der Waals surface area contributed by atoms with E-state index in [1.165, 1.54) is 12.8 Å². The first kappa shape index (κ1) is 13.1. The highest BCUT2D eigenvalue weighted by Gasteiger charge is 2.20. The van der Waals surface area contributed by atoms with Gasteiger partial charge < -0.3 is 10.2 Å². The summed E-state index contributed by atoms with van der Waals surface area (Å²) >= 11 is 7.55. The smallest absolute Gasteiger partial charge is 0.186 e. The molecule has 1 saturated heterocycles. The van der Waals surface area contributed by atoms with Crippen LogP contribution < -0.4 is 10.2 Å². The molecule has 1 aromatic heterocycles. The normalized spacial score (nSPS) is 20.1. The summed E-state index contributed by atoms with van der Waals surface area (Å²) in [4.78, 5) is 6.75. The second-order valence-electron chi connectivity index (χ2n) is 5.04. The lowest BCUT2D eigenvalue weighted by atomic mass is 10.2. The number of halogens is 1. The Morgan fingerprint density at radius 1 is 1.65 bits per heavy atom. The number of nitrogens with one attached hydrogen (secondary N) is 1. The molecule has 1 aliphatic heterocycles. The maximum atomic E-state index is 5.91. The summed E-state index contributed by atoms with van der Waals surface area (Å²) < 4.78 is 0. The Labute approximate surface area is 112 Å². The van der Waals surface area contributed by atoms with Gasteiger partial charge in [-0.1, -0.05) is 25.4 Å². The molecule has 0 saturated carbocycles. The van der Waals surface area contributed by atoms with Crippen LogP contribution in [0.2, 0.25) is 5.15 Å². The summed E-state index contributed by atoms with van der Waals surface area (Å²) in [5.41, 5.74) is 0. The largest absolute Gasteiger partial charge is 0.346 e. The fraction of sp³-hybridized carbons (Fsp3) is 0.750. The molecule has 1 aromatic rings. The van der Waals surface area contributed by atoms with Crippen LogP contribution in [0.1, 0.15) is 26.7 Å². The summed E-state index contributed by atoms with van der Waals surface area (Å²) in [6, 6.07) is 0.608. The Kier molecular flexibility index (Phi) is 4.65. The van der Waals surface area contributed by atoms with Crippen LogP contribution in [-0.4, -0.2) is 30.7 Å². The lowest BCUT2D eigenvalue weighted by molar-refractivity contribution is 0.540. The van der Waals surface area contributed by atoms with E-state index in [4.69, 9.17) is 11.6 Å². The molecule has 2 heterocycles. The Morgan fingerprint density at radius 2 is 2.47 bits per heavy atom. The summed E-state index contributed by atoms with van der Waals surface area (Å²) in [5, 5.41) is 7.11. The molecule has 0 bridgehead atoms. The molecule has 0 amide bonds. The van der Waals surface area contributed by atoms with E-state index in [1.807, 2.05) is 5.38 Å². The third-order valence-electron chi connectivity index (χ3n) is 2.92. The first-order valence-electron chi connectivity index (χ1n) is 6.24. The summed E-state index contributed by atoms with van der Waals surface area (Å²) in [6.07, 6.45) is 2.56. The molecule has 96 valence electrons. The van der Waals surface area contributed by atoms with Crippen molar-refractivity contribution in [2.24, 2.45) is 5.92 Å². The summed E-state index contributed by atoms with van der Waals surface area (Å²) in [7, 11) is 0. The highest BCUT2D eigenvalue weighted by atomic mass is 35.5. The molecule has 1 fully saturated rings. The van der Waals surface area contributed by atoms with Gasteiger partial charge in [0, 0.05) is 24.5 Å². The molecule has 2 rings (SSSR count). The molecule has 0 aromatic carbocycles. The van der Waals surface area contributed by atoms with Crippen LogP contribution >= 0.6 is 22.9 Å². The van der Waals surface area contributed by atoms with Crippen LogP contribution in [0.25, 0.3) is 0 Å². The number of thiazole rings is 1. The highest BCUT2D eigenvalue weighted by molar-refractivity contribution is 7.14. The SMILES string of the molecule is CC(C)CN(CC1CCCN1)c1nc(Cl)cs1. The average Bonchev–Trinajstić information content (AvgIpc) is 2.87. The lowest BCUT2D eigenvalue weighted by Crippen LogP contribution is -2.39. The quantitative estimate of drug-likeness (QED) is 0.894. The van der Waals surface area contributed by atoms with Crippen molar-refractivity contribution in [1.29, 1.82) is 0 Å². The molecule has 17 heavy (non-hydrogen) atoms. The Bertz CT molecular complexity index is 347. The molecule has 1 N–H and O–H groups in total. The second-order valence-corrected chi connectivity index (χ2v) is 6.27. The molecule has 0 spiro atoms. The molecule has 5 heteroatoms. The van der Waals surface area contributed by atoms with E-state index in [2.05, 4.69) is 29.0 Å². The van der Waals surface area contributed by atoms with Crippen LogP contribution in [-0.2, 0) is 0 Å². The zero-order chi connectivity index (χ0) is 12.3. The number of anilines is 1. The van der Waals surface area contributed by atoms with Crippen LogP contribution in [0, 0.1) is 5.92 Å². The standard InChI is InChI=1S/C12H20ClN3S/c1-9(2)6-16(7-10-4-3-5-14-10)12-15-11(13)8-17-12/h8-10,14H,3-7H2,1-2H3. The van der Waals surface area contributed by atoms with Gasteiger partial charge in [-0.3, -0.25) is 0 Å². The minimum atomic E-state index is 0.608. The fourth-order valence-corrected chi connectivity index (χ4v) is 3.21. The molecule has 1 aliphatic rings. The van der Waals surface area contributed by atoms with Crippen LogP contribution in [0.5, 0.6) is 0 Å². The lowest BCUT2D eigenvalue weighted by Gasteiger charge is -2.26. The number of aromatic nitrogens is 1. The number of hydrogen-bond acceptors (Lipinski definition) is 4. The van der Waals surface area contributed by atoms with Crippen LogP contribution in [0.4, 0.5) is 5.13 Å². The van der Waals surface area contributed by atoms with E-state index < -0.39 is 0 Å². The zero-order valence-electron chi connectivity index (χ0n) is 10.4. The number of rotatable bonds is 5. The van der Waals surface area contributed by atoms with Gasteiger partial charge in [-0.25, -0.2) is 4.98 Å². The van der Waals surface area contributed by atoms with E-state index in [0.717, 1.165) is 24.8 Å². The van der Waals surface area contributed by atoms with Gasteiger partial charge in [-0.05, 0) is 25.3 Å². The van der Waals surface area contributed by atoms with Gasteiger partial charge >= 0.3 is 0 Å². The average molecular weight is 274 g/mol. The van der Waals surface area contributed by atoms with E-state index in [1.54, 1.807) is 11.3 Å². The predicted octanol–water partition coefficient (Wildman–Crippen LogP) is 3.01. The van der Waals surface area contributed by atoms with Crippen molar-refractivity contribution in [2.45, 2.75) is 32.7 Å². The van der Waals surface area contributed by atoms with Crippen molar-refractivity contribution in [3.8, 4) is 0 Å². The van der Waals surface area contributed by atoms with Gasteiger partial charge in [0.15, 0.2) is 5.13 Å². The summed E-state index contributed by atoms with van der Waals surface area (Å²) in [5.74, 6) is 0.638. The van der Waals surface area contributed by atoms with Gasteiger partial charge in [-0.2, -0.15) is 0 Å². The minimum Gasteiger partial charge on any atom is -0.346 e. The van der Waals surface area contributed by atoms with Crippen molar-refractivity contribution in [3.63, 3.8) is 0 Å². The maximum Gasteiger partial charge on any atom is 0.186 e. The zero-order valence-corrected chi connectivity index (χ0v) is 12.0. The number of hydrogen-bond donors (Lipinski definition) is 1. The topological polar surface area (TPSA) is 28.2 Å². The molecule has 0 aliphatic carbocycles. The Balaban J connectivity index is 2.01. The second kappa shape index (κ2) is 6.03. The predicted molar refractivity (Wildman–Crippen MR) is 75.2 cm³/mol. The Hall–Kier alpha value is -0.320. The maximum absolute atomic E-state index is 5.91. The monoisotopic (exact) mass is 273 g/mol. The highest BCUT2D eigenvalue weighted by Crippen LogP contribution is 2.25. The molecule has 1 unspecified atom stereocenters. The van der Waals surface area contributed by atoms with Crippen molar-refractivity contribution < 1.29 is 0 Å². The van der Waals surface area contributed by atoms with Gasteiger partial charge in [-0.15, -0.1) is 11.3 Å². The van der Waals surface area contributed by atoms with E-state index >= 15 is 0 Å². The van der Waals surface area contributed by atoms with Gasteiger partial charge in [0.1, 0.15) is 5.15 Å². The van der Waals surface area contributed by atoms with E-state index in [0.29, 0.717) is 17.1 Å².